The first-order chi connectivity index (χ1) is 15.5. The number of fused-ring (bicyclic) bond motifs is 1. The van der Waals surface area contributed by atoms with Gasteiger partial charge in [-0.3, -0.25) is 9.59 Å². The van der Waals surface area contributed by atoms with Gasteiger partial charge in [-0.15, -0.1) is 0 Å². The Morgan fingerprint density at radius 2 is 1.88 bits per heavy atom. The van der Waals surface area contributed by atoms with Crippen LogP contribution in [0.2, 0.25) is 0 Å². The maximum atomic E-state index is 13.3. The van der Waals surface area contributed by atoms with Gasteiger partial charge in [0.25, 0.3) is 0 Å². The number of aryl methyl sites for hydroxylation is 1. The van der Waals surface area contributed by atoms with Crippen molar-refractivity contribution >= 4 is 28.5 Å². The lowest BCUT2D eigenvalue weighted by Crippen LogP contribution is -2.43. The topological polar surface area (TPSA) is 58.4 Å². The van der Waals surface area contributed by atoms with Crippen LogP contribution in [0.4, 0.5) is 5.69 Å². The summed E-state index contributed by atoms with van der Waals surface area (Å²) in [5.41, 5.74) is 3.93. The zero-order valence-electron chi connectivity index (χ0n) is 18.8. The summed E-state index contributed by atoms with van der Waals surface area (Å²) in [5, 5.41) is 0. The van der Waals surface area contributed by atoms with Gasteiger partial charge >= 0.3 is 0 Å². The van der Waals surface area contributed by atoms with Gasteiger partial charge < -0.3 is 14.4 Å². The van der Waals surface area contributed by atoms with Crippen LogP contribution in [-0.4, -0.2) is 45.4 Å². The summed E-state index contributed by atoms with van der Waals surface area (Å²) in [6.45, 7) is 5.86. The third-order valence-electron chi connectivity index (χ3n) is 6.94. The molecule has 32 heavy (non-hydrogen) atoms. The molecule has 5 rings (SSSR count). The van der Waals surface area contributed by atoms with E-state index in [4.69, 9.17) is 4.98 Å². The highest BCUT2D eigenvalue weighted by molar-refractivity contribution is 5.96. The first kappa shape index (κ1) is 20.7. The van der Waals surface area contributed by atoms with Crippen LogP contribution in [0.3, 0.4) is 0 Å². The van der Waals surface area contributed by atoms with Gasteiger partial charge in [-0.05, 0) is 57.4 Å². The van der Waals surface area contributed by atoms with Gasteiger partial charge in [0, 0.05) is 37.2 Å². The highest BCUT2D eigenvalue weighted by Crippen LogP contribution is 2.33. The molecule has 6 nitrogen and oxygen atoms in total. The molecule has 2 fully saturated rings. The number of piperidine rings is 1. The highest BCUT2D eigenvalue weighted by atomic mass is 16.2. The van der Waals surface area contributed by atoms with E-state index < -0.39 is 0 Å². The highest BCUT2D eigenvalue weighted by Gasteiger charge is 2.35. The van der Waals surface area contributed by atoms with Crippen LogP contribution in [0.5, 0.6) is 0 Å². The Hall–Kier alpha value is -3.15. The predicted molar refractivity (Wildman–Crippen MR) is 126 cm³/mol. The first-order valence-electron chi connectivity index (χ1n) is 11.6. The van der Waals surface area contributed by atoms with E-state index in [2.05, 4.69) is 11.5 Å². The fourth-order valence-corrected chi connectivity index (χ4v) is 5.12. The molecule has 0 aliphatic carbocycles. The molecule has 0 bridgehead atoms. The molecule has 3 aromatic rings. The second kappa shape index (κ2) is 8.41. The second-order valence-electron chi connectivity index (χ2n) is 9.22. The number of anilines is 1. The number of hydrogen-bond donors (Lipinski definition) is 0. The number of amides is 2. The van der Waals surface area contributed by atoms with Crippen molar-refractivity contribution in [2.24, 2.45) is 0 Å². The number of aromatic nitrogens is 2. The van der Waals surface area contributed by atoms with Crippen LogP contribution in [0.1, 0.15) is 49.9 Å². The number of likely N-dealkylation sites (tertiary alicyclic amines) is 1. The summed E-state index contributed by atoms with van der Waals surface area (Å²) >= 11 is 0. The number of nitrogens with zero attached hydrogens (tertiary/aromatic N) is 4. The van der Waals surface area contributed by atoms with Gasteiger partial charge in [0.1, 0.15) is 12.4 Å². The number of imidazole rings is 1. The number of benzene rings is 2. The van der Waals surface area contributed by atoms with Crippen LogP contribution >= 0.6 is 0 Å². The average Bonchev–Trinajstić information content (AvgIpc) is 3.35. The Bertz CT molecular complexity index is 1150. The zero-order chi connectivity index (χ0) is 22.2. The molecular formula is C26H30N4O2. The Labute approximate surface area is 188 Å². The molecule has 3 heterocycles. The van der Waals surface area contributed by atoms with Crippen LogP contribution in [-0.2, 0) is 16.1 Å². The van der Waals surface area contributed by atoms with Crippen molar-refractivity contribution in [2.75, 3.05) is 18.0 Å². The molecule has 0 spiro atoms. The fourth-order valence-electron chi connectivity index (χ4n) is 5.12. The van der Waals surface area contributed by atoms with Crippen molar-refractivity contribution in [3.63, 3.8) is 0 Å². The smallest absolute Gasteiger partial charge is 0.242 e. The summed E-state index contributed by atoms with van der Waals surface area (Å²) in [5.74, 6) is 1.05. The van der Waals surface area contributed by atoms with Gasteiger partial charge in [-0.2, -0.15) is 0 Å². The molecule has 0 radical (unpaired) electrons. The van der Waals surface area contributed by atoms with Crippen molar-refractivity contribution in [2.45, 2.75) is 58.0 Å². The first-order valence-corrected chi connectivity index (χ1v) is 11.6. The van der Waals surface area contributed by atoms with Crippen LogP contribution in [0.25, 0.3) is 11.0 Å². The van der Waals surface area contributed by atoms with E-state index in [9.17, 15) is 9.59 Å². The predicted octanol–water partition coefficient (Wildman–Crippen LogP) is 4.27. The Morgan fingerprint density at radius 3 is 2.66 bits per heavy atom. The molecule has 2 aromatic carbocycles. The third-order valence-corrected chi connectivity index (χ3v) is 6.94. The van der Waals surface area contributed by atoms with Gasteiger partial charge in [0.2, 0.25) is 11.8 Å². The van der Waals surface area contributed by atoms with Crippen LogP contribution in [0.15, 0.2) is 48.5 Å². The van der Waals surface area contributed by atoms with E-state index in [0.717, 1.165) is 41.9 Å². The molecule has 2 aliphatic rings. The summed E-state index contributed by atoms with van der Waals surface area (Å²) in [6, 6.07) is 16.3. The van der Waals surface area contributed by atoms with Crippen molar-refractivity contribution in [1.29, 1.82) is 0 Å². The molecule has 0 N–H and O–H groups in total. The molecule has 2 unspecified atom stereocenters. The van der Waals surface area contributed by atoms with E-state index in [1.165, 1.54) is 12.0 Å². The van der Waals surface area contributed by atoms with Gasteiger partial charge in [0.05, 0.1) is 11.0 Å². The van der Waals surface area contributed by atoms with E-state index >= 15 is 0 Å². The van der Waals surface area contributed by atoms with Crippen molar-refractivity contribution < 1.29 is 9.59 Å². The van der Waals surface area contributed by atoms with Crippen molar-refractivity contribution in [3.8, 4) is 0 Å². The zero-order valence-corrected chi connectivity index (χ0v) is 18.8. The van der Waals surface area contributed by atoms with Crippen LogP contribution < -0.4 is 4.90 Å². The SMILES string of the molecule is Cc1ccc(N2CC(c3nc4ccccc4n3CC(=O)N3CCCCC3C)CC2=O)cc1. The molecule has 2 amide bonds. The summed E-state index contributed by atoms with van der Waals surface area (Å²) in [4.78, 5) is 34.9. The van der Waals surface area contributed by atoms with Gasteiger partial charge in [-0.1, -0.05) is 29.8 Å². The molecule has 2 atom stereocenters. The molecular weight excluding hydrogens is 400 g/mol. The van der Waals surface area contributed by atoms with Gasteiger partial charge in [0.15, 0.2) is 0 Å². The van der Waals surface area contributed by atoms with E-state index in [0.29, 0.717) is 13.0 Å². The Balaban J connectivity index is 1.46. The summed E-state index contributed by atoms with van der Waals surface area (Å²) < 4.78 is 2.05. The number of hydrogen-bond acceptors (Lipinski definition) is 3. The van der Waals surface area contributed by atoms with Crippen LogP contribution in [0, 0.1) is 6.92 Å². The monoisotopic (exact) mass is 430 g/mol. The largest absolute Gasteiger partial charge is 0.338 e. The lowest BCUT2D eigenvalue weighted by molar-refractivity contribution is -0.135. The molecule has 0 saturated carbocycles. The van der Waals surface area contributed by atoms with E-state index in [1.807, 2.05) is 65.3 Å². The lowest BCUT2D eigenvalue weighted by Gasteiger charge is -2.33. The van der Waals surface area contributed by atoms with E-state index in [-0.39, 0.29) is 30.3 Å². The number of carbonyl (C=O) groups excluding carboxylic acids is 2. The summed E-state index contributed by atoms with van der Waals surface area (Å²) in [6.07, 6.45) is 3.72. The number of rotatable bonds is 4. The Morgan fingerprint density at radius 1 is 1.09 bits per heavy atom. The van der Waals surface area contributed by atoms with Gasteiger partial charge in [-0.25, -0.2) is 4.98 Å². The number of carbonyl (C=O) groups is 2. The number of para-hydroxylation sites is 2. The maximum absolute atomic E-state index is 13.3. The Kier molecular flexibility index (Phi) is 5.45. The van der Waals surface area contributed by atoms with Crippen molar-refractivity contribution in [3.05, 3.63) is 59.9 Å². The maximum Gasteiger partial charge on any atom is 0.242 e. The second-order valence-corrected chi connectivity index (χ2v) is 9.22. The standard InChI is InChI=1S/C26H30N4O2/c1-18-10-12-21(13-11-18)29-16-20(15-24(29)31)26-27-22-8-3-4-9-23(22)30(26)17-25(32)28-14-6-5-7-19(28)2/h3-4,8-13,19-20H,5-7,14-17H2,1-2H3. The minimum atomic E-state index is -0.0391. The summed E-state index contributed by atoms with van der Waals surface area (Å²) in [7, 11) is 0. The minimum absolute atomic E-state index is 0.0391. The molecule has 2 aliphatic heterocycles. The minimum Gasteiger partial charge on any atom is -0.338 e. The average molecular weight is 431 g/mol. The molecule has 1 aromatic heterocycles. The van der Waals surface area contributed by atoms with Crippen molar-refractivity contribution in [1.82, 2.24) is 14.5 Å². The molecule has 2 saturated heterocycles. The normalized spacial score (nSPS) is 21.5. The molecule has 6 heteroatoms. The fraction of sp³-hybridized carbons (Fsp3) is 0.423. The molecule has 166 valence electrons. The van der Waals surface area contributed by atoms with E-state index in [1.54, 1.807) is 0 Å². The quantitative estimate of drug-likeness (QED) is 0.621. The lowest BCUT2D eigenvalue weighted by atomic mass is 10.0. The third kappa shape index (κ3) is 3.78.